The molecule has 0 saturated heterocycles. The molecule has 0 unspecified atom stereocenters. The normalized spacial score (nSPS) is 10.5. The van der Waals surface area contributed by atoms with E-state index in [2.05, 4.69) is 15.6 Å². The zero-order chi connectivity index (χ0) is 20.9. The van der Waals surface area contributed by atoms with Crippen LogP contribution in [0.25, 0.3) is 5.69 Å². The number of rotatable bonds is 6. The largest absolute Gasteiger partial charge is 0.496 e. The molecule has 0 amide bonds. The maximum Gasteiger partial charge on any atom is 0.255 e. The van der Waals surface area contributed by atoms with Gasteiger partial charge in [0, 0.05) is 42.2 Å². The van der Waals surface area contributed by atoms with Gasteiger partial charge in [0.05, 0.1) is 37.3 Å². The van der Waals surface area contributed by atoms with E-state index in [9.17, 15) is 4.79 Å². The van der Waals surface area contributed by atoms with E-state index in [4.69, 9.17) is 10.00 Å². The number of hydrogen-bond donors (Lipinski definition) is 0. The molecule has 30 heavy (non-hydrogen) atoms. The van der Waals surface area contributed by atoms with E-state index < -0.39 is 0 Å². The smallest absolute Gasteiger partial charge is 0.255 e. The van der Waals surface area contributed by atoms with Crippen molar-refractivity contribution in [3.05, 3.63) is 112 Å². The Bertz CT molecular complexity index is 1260. The third kappa shape index (κ3) is 4.01. The highest BCUT2D eigenvalue weighted by atomic mass is 16.5. The first-order chi connectivity index (χ1) is 14.7. The van der Waals surface area contributed by atoms with Crippen LogP contribution in [0.15, 0.2) is 84.2 Å². The average molecular weight is 396 g/mol. The Kier molecular flexibility index (Phi) is 5.44. The summed E-state index contributed by atoms with van der Waals surface area (Å²) >= 11 is 0. The van der Waals surface area contributed by atoms with Crippen molar-refractivity contribution in [2.24, 2.45) is 0 Å². The van der Waals surface area contributed by atoms with Gasteiger partial charge in [0.2, 0.25) is 0 Å². The van der Waals surface area contributed by atoms with E-state index in [1.165, 1.54) is 6.07 Å². The van der Waals surface area contributed by atoms with E-state index in [0.29, 0.717) is 24.3 Å². The van der Waals surface area contributed by atoms with Gasteiger partial charge in [-0.3, -0.25) is 9.36 Å². The molecule has 0 aliphatic heterocycles. The second-order valence-electron chi connectivity index (χ2n) is 6.90. The van der Waals surface area contributed by atoms with Crippen LogP contribution in [0.1, 0.15) is 22.4 Å². The van der Waals surface area contributed by atoms with Crippen molar-refractivity contribution < 1.29 is 4.74 Å². The molecule has 0 radical (unpaired) electrons. The van der Waals surface area contributed by atoms with Crippen LogP contribution < -0.4 is 10.3 Å². The topological polar surface area (TPSA) is 72.8 Å². The Morgan fingerprint density at radius 1 is 1.10 bits per heavy atom. The minimum atomic E-state index is -0.0911. The van der Waals surface area contributed by atoms with Gasteiger partial charge in [-0.25, -0.2) is 4.98 Å². The molecule has 0 N–H and O–H groups in total. The van der Waals surface area contributed by atoms with E-state index in [1.54, 1.807) is 30.3 Å². The van der Waals surface area contributed by atoms with E-state index >= 15 is 0 Å². The van der Waals surface area contributed by atoms with Crippen LogP contribution >= 0.6 is 0 Å². The van der Waals surface area contributed by atoms with Crippen LogP contribution in [0, 0.1) is 11.3 Å². The van der Waals surface area contributed by atoms with Gasteiger partial charge < -0.3 is 9.30 Å². The zero-order valence-corrected chi connectivity index (χ0v) is 16.5. The lowest BCUT2D eigenvalue weighted by Crippen LogP contribution is -2.15. The van der Waals surface area contributed by atoms with Crippen LogP contribution in [0.4, 0.5) is 0 Å². The monoisotopic (exact) mass is 396 g/mol. The average Bonchev–Trinajstić information content (AvgIpc) is 3.21. The molecule has 2 aromatic heterocycles. The Labute approximate surface area is 174 Å². The summed E-state index contributed by atoms with van der Waals surface area (Å²) in [4.78, 5) is 16.4. The Hall–Kier alpha value is -4.11. The molecular formula is C24H20N4O2. The minimum Gasteiger partial charge on any atom is -0.496 e. The number of nitriles is 1. The fourth-order valence-electron chi connectivity index (χ4n) is 3.38. The molecule has 0 atom stereocenters. The highest BCUT2D eigenvalue weighted by Crippen LogP contribution is 2.24. The van der Waals surface area contributed by atoms with Crippen molar-refractivity contribution in [2.75, 3.05) is 7.11 Å². The van der Waals surface area contributed by atoms with Gasteiger partial charge in [0.1, 0.15) is 5.75 Å². The van der Waals surface area contributed by atoms with E-state index in [-0.39, 0.29) is 5.56 Å². The highest BCUT2D eigenvalue weighted by molar-refractivity contribution is 5.45. The third-order valence-corrected chi connectivity index (χ3v) is 4.98. The van der Waals surface area contributed by atoms with Gasteiger partial charge in [-0.05, 0) is 29.8 Å². The summed E-state index contributed by atoms with van der Waals surface area (Å²) in [6.07, 6.45) is 6.10. The Morgan fingerprint density at radius 3 is 2.67 bits per heavy atom. The summed E-state index contributed by atoms with van der Waals surface area (Å²) in [6, 6.07) is 20.5. The van der Waals surface area contributed by atoms with E-state index in [0.717, 1.165) is 22.5 Å². The van der Waals surface area contributed by atoms with Gasteiger partial charge in [-0.15, -0.1) is 0 Å². The third-order valence-electron chi connectivity index (χ3n) is 4.98. The first kappa shape index (κ1) is 19.2. The number of aromatic nitrogens is 3. The van der Waals surface area contributed by atoms with Crippen molar-refractivity contribution in [1.82, 2.24) is 14.1 Å². The lowest BCUT2D eigenvalue weighted by molar-refractivity contribution is 0.408. The predicted molar refractivity (Wildman–Crippen MR) is 114 cm³/mol. The van der Waals surface area contributed by atoms with Crippen molar-refractivity contribution in [2.45, 2.75) is 13.0 Å². The van der Waals surface area contributed by atoms with Crippen molar-refractivity contribution in [3.63, 3.8) is 0 Å². The molecule has 2 aromatic carbocycles. The summed E-state index contributed by atoms with van der Waals surface area (Å²) in [5.74, 6) is 0.710. The van der Waals surface area contributed by atoms with Crippen molar-refractivity contribution in [1.29, 1.82) is 5.26 Å². The van der Waals surface area contributed by atoms with Crippen LogP contribution in [0.5, 0.6) is 5.75 Å². The maximum atomic E-state index is 12.1. The molecule has 0 aliphatic carbocycles. The van der Waals surface area contributed by atoms with Crippen LogP contribution in [0.3, 0.4) is 0 Å². The van der Waals surface area contributed by atoms with Gasteiger partial charge in [-0.2, -0.15) is 5.26 Å². The number of imidazole rings is 1. The maximum absolute atomic E-state index is 12.1. The predicted octanol–water partition coefficient (Wildman–Crippen LogP) is 3.55. The molecule has 6 nitrogen and oxygen atoms in total. The molecule has 4 rings (SSSR count). The summed E-state index contributed by atoms with van der Waals surface area (Å²) in [5, 5.41) is 8.96. The summed E-state index contributed by atoms with van der Waals surface area (Å²) in [7, 11) is 1.63. The van der Waals surface area contributed by atoms with Gasteiger partial charge in [0.25, 0.3) is 5.56 Å². The first-order valence-electron chi connectivity index (χ1n) is 9.51. The molecule has 0 spiro atoms. The van der Waals surface area contributed by atoms with Crippen LogP contribution in [-0.4, -0.2) is 21.2 Å². The first-order valence-corrected chi connectivity index (χ1v) is 9.51. The Balaban J connectivity index is 1.59. The van der Waals surface area contributed by atoms with Gasteiger partial charge in [0.15, 0.2) is 0 Å². The fourth-order valence-corrected chi connectivity index (χ4v) is 3.38. The van der Waals surface area contributed by atoms with Gasteiger partial charge in [-0.1, -0.05) is 24.3 Å². The summed E-state index contributed by atoms with van der Waals surface area (Å²) in [5.41, 5.74) is 4.47. The summed E-state index contributed by atoms with van der Waals surface area (Å²) < 4.78 is 9.26. The molecule has 0 aliphatic rings. The number of methoxy groups -OCH3 is 1. The second-order valence-corrected chi connectivity index (χ2v) is 6.90. The lowest BCUT2D eigenvalue weighted by atomic mass is 10.1. The van der Waals surface area contributed by atoms with Crippen LogP contribution in [0.2, 0.25) is 0 Å². The highest BCUT2D eigenvalue weighted by Gasteiger charge is 2.10. The molecule has 0 fully saturated rings. The Morgan fingerprint density at radius 2 is 1.93 bits per heavy atom. The standard InChI is InChI=1S/C24H20N4O2/c1-30-23-13-21(28-11-3-2-4-24(28)29)10-9-20(23)16-27-17-26-15-22(27)12-18-5-7-19(14-25)8-6-18/h2-11,13,15,17H,12,16H2,1H3. The lowest BCUT2D eigenvalue weighted by Gasteiger charge is -2.14. The number of ether oxygens (including phenoxy) is 1. The van der Waals surface area contributed by atoms with Crippen LogP contribution in [-0.2, 0) is 13.0 Å². The summed E-state index contributed by atoms with van der Waals surface area (Å²) in [6.45, 7) is 0.596. The second kappa shape index (κ2) is 8.50. The van der Waals surface area contributed by atoms with Crippen molar-refractivity contribution >= 4 is 0 Å². The zero-order valence-electron chi connectivity index (χ0n) is 16.5. The van der Waals surface area contributed by atoms with Gasteiger partial charge >= 0.3 is 0 Å². The SMILES string of the molecule is COc1cc(-n2ccccc2=O)ccc1Cn1cncc1Cc1ccc(C#N)cc1. The molecular weight excluding hydrogens is 376 g/mol. The number of pyridine rings is 1. The molecule has 2 heterocycles. The molecule has 0 saturated carbocycles. The fraction of sp³-hybridized carbons (Fsp3) is 0.125. The molecule has 4 aromatic rings. The number of nitrogens with zero attached hydrogens (tertiary/aromatic N) is 4. The molecule has 6 heteroatoms. The number of benzene rings is 2. The quantitative estimate of drug-likeness (QED) is 0.500. The van der Waals surface area contributed by atoms with E-state index in [1.807, 2.05) is 54.7 Å². The van der Waals surface area contributed by atoms with Crippen molar-refractivity contribution in [3.8, 4) is 17.5 Å². The molecule has 148 valence electrons. The minimum absolute atomic E-state index is 0.0911. The number of hydrogen-bond acceptors (Lipinski definition) is 4. The molecule has 0 bridgehead atoms.